The highest BCUT2D eigenvalue weighted by atomic mass is 32.2. The zero-order valence-electron chi connectivity index (χ0n) is 18.0. The molecule has 0 unspecified atom stereocenters. The third-order valence-electron chi connectivity index (χ3n) is 4.77. The second-order valence-corrected chi connectivity index (χ2v) is 9.19. The van der Waals surface area contributed by atoms with Crippen molar-refractivity contribution < 1.29 is 17.9 Å². The lowest BCUT2D eigenvalue weighted by Crippen LogP contribution is -2.30. The van der Waals surface area contributed by atoms with E-state index in [1.165, 1.54) is 12.1 Å². The largest absolute Gasteiger partial charge is 0.481 e. The molecule has 1 amide bonds. The molecule has 0 radical (unpaired) electrons. The van der Waals surface area contributed by atoms with Crippen LogP contribution in [0.25, 0.3) is 0 Å². The molecule has 0 heterocycles. The number of ether oxygens (including phenoxy) is 1. The van der Waals surface area contributed by atoms with Gasteiger partial charge in [-0.3, -0.25) is 9.52 Å². The number of rotatable bonds is 7. The van der Waals surface area contributed by atoms with Gasteiger partial charge in [-0.2, -0.15) is 0 Å². The first-order valence-electron chi connectivity index (χ1n) is 9.88. The average molecular weight is 439 g/mol. The molecule has 0 aliphatic heterocycles. The summed E-state index contributed by atoms with van der Waals surface area (Å²) in [5, 5.41) is 2.74. The molecule has 3 aromatic rings. The normalized spacial score (nSPS) is 12.1. The Morgan fingerprint density at radius 1 is 0.871 bits per heavy atom. The van der Waals surface area contributed by atoms with Crippen LogP contribution in [0.4, 0.5) is 11.4 Å². The molecule has 2 N–H and O–H groups in total. The van der Waals surface area contributed by atoms with Crippen molar-refractivity contribution in [3.63, 3.8) is 0 Å². The van der Waals surface area contributed by atoms with Crippen LogP contribution in [0.1, 0.15) is 23.6 Å². The number of carbonyl (C=O) groups excluding carboxylic acids is 1. The molecule has 3 aromatic carbocycles. The Labute approximate surface area is 183 Å². The minimum atomic E-state index is -3.75. The quantitative estimate of drug-likeness (QED) is 0.554. The first-order valence-corrected chi connectivity index (χ1v) is 11.4. The van der Waals surface area contributed by atoms with Crippen LogP contribution in [0.5, 0.6) is 5.75 Å². The van der Waals surface area contributed by atoms with Crippen LogP contribution in [-0.2, 0) is 14.8 Å². The van der Waals surface area contributed by atoms with E-state index in [0.717, 1.165) is 16.7 Å². The monoisotopic (exact) mass is 438 g/mol. The van der Waals surface area contributed by atoms with Gasteiger partial charge in [0, 0.05) is 5.69 Å². The minimum absolute atomic E-state index is 0.107. The SMILES string of the molecule is Cc1ccc(O[C@H](C)C(=O)Nc2ccc(S(=O)(=O)Nc3cc(C)ccc3C)cc2)cc1. The standard InChI is InChI=1S/C24H26N2O4S/c1-16-6-11-21(12-7-16)30-19(4)24(27)25-20-9-13-22(14-10-20)31(28,29)26-23-15-17(2)5-8-18(23)3/h5-15,19,26H,1-4H3,(H,25,27)/t19-/m1/s1. The number of carbonyl (C=O) groups is 1. The van der Waals surface area contributed by atoms with Crippen LogP contribution < -0.4 is 14.8 Å². The van der Waals surface area contributed by atoms with Crippen LogP contribution in [-0.4, -0.2) is 20.4 Å². The van der Waals surface area contributed by atoms with Gasteiger partial charge in [0.05, 0.1) is 10.6 Å². The van der Waals surface area contributed by atoms with E-state index < -0.39 is 16.1 Å². The van der Waals surface area contributed by atoms with E-state index in [1.807, 2.05) is 57.2 Å². The molecule has 0 saturated carbocycles. The molecule has 0 aromatic heterocycles. The average Bonchev–Trinajstić information content (AvgIpc) is 2.72. The van der Waals surface area contributed by atoms with Crippen molar-refractivity contribution in [3.05, 3.63) is 83.4 Å². The van der Waals surface area contributed by atoms with Gasteiger partial charge in [0.25, 0.3) is 15.9 Å². The van der Waals surface area contributed by atoms with Crippen molar-refractivity contribution in [1.82, 2.24) is 0 Å². The van der Waals surface area contributed by atoms with Gasteiger partial charge >= 0.3 is 0 Å². The minimum Gasteiger partial charge on any atom is -0.481 e. The molecule has 0 aliphatic carbocycles. The van der Waals surface area contributed by atoms with Gasteiger partial charge in [-0.25, -0.2) is 8.42 Å². The summed E-state index contributed by atoms with van der Waals surface area (Å²) in [6.07, 6.45) is -0.711. The van der Waals surface area contributed by atoms with Crippen LogP contribution in [0.15, 0.2) is 71.6 Å². The number of anilines is 2. The van der Waals surface area contributed by atoms with Gasteiger partial charge in [0.15, 0.2) is 6.10 Å². The Hall–Kier alpha value is -3.32. The van der Waals surface area contributed by atoms with E-state index in [0.29, 0.717) is 17.1 Å². The second-order valence-electron chi connectivity index (χ2n) is 7.51. The number of aryl methyl sites for hydroxylation is 3. The highest BCUT2D eigenvalue weighted by molar-refractivity contribution is 7.92. The lowest BCUT2D eigenvalue weighted by Gasteiger charge is -2.15. The molecule has 0 bridgehead atoms. The maximum absolute atomic E-state index is 12.7. The Morgan fingerprint density at radius 3 is 2.13 bits per heavy atom. The predicted octanol–water partition coefficient (Wildman–Crippen LogP) is 4.82. The second kappa shape index (κ2) is 9.22. The van der Waals surface area contributed by atoms with Gasteiger partial charge in [0.1, 0.15) is 5.75 Å². The Morgan fingerprint density at radius 2 is 1.48 bits per heavy atom. The maximum atomic E-state index is 12.7. The molecule has 3 rings (SSSR count). The van der Waals surface area contributed by atoms with E-state index in [2.05, 4.69) is 10.0 Å². The van der Waals surface area contributed by atoms with Crippen molar-refractivity contribution in [1.29, 1.82) is 0 Å². The number of hydrogen-bond donors (Lipinski definition) is 2. The topological polar surface area (TPSA) is 84.5 Å². The fourth-order valence-corrected chi connectivity index (χ4v) is 4.01. The molecule has 0 fully saturated rings. The van der Waals surface area contributed by atoms with Crippen molar-refractivity contribution in [2.45, 2.75) is 38.7 Å². The highest BCUT2D eigenvalue weighted by Gasteiger charge is 2.17. The van der Waals surface area contributed by atoms with E-state index in [9.17, 15) is 13.2 Å². The van der Waals surface area contributed by atoms with Crippen LogP contribution in [0, 0.1) is 20.8 Å². The molecule has 1 atom stereocenters. The predicted molar refractivity (Wildman–Crippen MR) is 123 cm³/mol. The number of sulfonamides is 1. The fourth-order valence-electron chi connectivity index (χ4n) is 2.89. The number of nitrogens with one attached hydrogen (secondary N) is 2. The summed E-state index contributed by atoms with van der Waals surface area (Å²) in [4.78, 5) is 12.5. The molecule has 31 heavy (non-hydrogen) atoms. The van der Waals surface area contributed by atoms with Gasteiger partial charge < -0.3 is 10.1 Å². The van der Waals surface area contributed by atoms with Crippen LogP contribution in [0.3, 0.4) is 0 Å². The van der Waals surface area contributed by atoms with Gasteiger partial charge in [-0.1, -0.05) is 29.8 Å². The van der Waals surface area contributed by atoms with Crippen molar-refractivity contribution in [2.24, 2.45) is 0 Å². The summed E-state index contributed by atoms with van der Waals surface area (Å²) in [5.41, 5.74) is 3.92. The Kier molecular flexibility index (Phi) is 6.65. The summed E-state index contributed by atoms with van der Waals surface area (Å²) in [5.74, 6) is 0.275. The van der Waals surface area contributed by atoms with E-state index >= 15 is 0 Å². The lowest BCUT2D eigenvalue weighted by atomic mass is 10.1. The first-order chi connectivity index (χ1) is 14.6. The smallest absolute Gasteiger partial charge is 0.265 e. The van der Waals surface area contributed by atoms with E-state index in [-0.39, 0.29) is 10.8 Å². The molecular weight excluding hydrogens is 412 g/mol. The fraction of sp³-hybridized carbons (Fsp3) is 0.208. The van der Waals surface area contributed by atoms with Crippen LogP contribution in [0.2, 0.25) is 0 Å². The molecule has 162 valence electrons. The zero-order valence-corrected chi connectivity index (χ0v) is 18.8. The Bertz CT molecular complexity index is 1170. The summed E-state index contributed by atoms with van der Waals surface area (Å²) < 4.78 is 33.7. The zero-order chi connectivity index (χ0) is 22.6. The van der Waals surface area contributed by atoms with Crippen molar-refractivity contribution in [2.75, 3.05) is 10.0 Å². The van der Waals surface area contributed by atoms with Gasteiger partial charge in [-0.15, -0.1) is 0 Å². The Balaban J connectivity index is 1.65. The number of amides is 1. The molecule has 0 spiro atoms. The number of benzene rings is 3. The first kappa shape index (κ1) is 22.4. The third-order valence-corrected chi connectivity index (χ3v) is 6.15. The van der Waals surface area contributed by atoms with Crippen LogP contribution >= 0.6 is 0 Å². The molecule has 0 aliphatic rings. The number of hydrogen-bond acceptors (Lipinski definition) is 4. The van der Waals surface area contributed by atoms with Crippen molar-refractivity contribution in [3.8, 4) is 5.75 Å². The maximum Gasteiger partial charge on any atom is 0.265 e. The van der Waals surface area contributed by atoms with Crippen molar-refractivity contribution >= 4 is 27.3 Å². The van der Waals surface area contributed by atoms with E-state index in [4.69, 9.17) is 4.74 Å². The summed E-state index contributed by atoms with van der Waals surface area (Å²) >= 11 is 0. The summed E-state index contributed by atoms with van der Waals surface area (Å²) in [7, 11) is -3.75. The molecule has 6 nitrogen and oxygen atoms in total. The summed E-state index contributed by atoms with van der Waals surface area (Å²) in [6.45, 7) is 7.37. The van der Waals surface area contributed by atoms with Gasteiger partial charge in [-0.05, 0) is 81.3 Å². The lowest BCUT2D eigenvalue weighted by molar-refractivity contribution is -0.122. The summed E-state index contributed by atoms with van der Waals surface area (Å²) in [6, 6.07) is 19.0. The van der Waals surface area contributed by atoms with E-state index in [1.54, 1.807) is 25.1 Å². The highest BCUT2D eigenvalue weighted by Crippen LogP contribution is 2.22. The third kappa shape index (κ3) is 5.86. The molecule has 0 saturated heterocycles. The molecular formula is C24H26N2O4S. The molecule has 7 heteroatoms. The van der Waals surface area contributed by atoms with Gasteiger partial charge in [0.2, 0.25) is 0 Å².